The Bertz CT molecular complexity index is 441. The maximum Gasteiger partial charge on any atom is 0.411 e. The van der Waals surface area contributed by atoms with Crippen molar-refractivity contribution in [3.63, 3.8) is 0 Å². The Morgan fingerprint density at radius 2 is 1.70 bits per heavy atom. The molecular formula is C18H35NO3Si. The van der Waals surface area contributed by atoms with Crippen molar-refractivity contribution in [1.29, 1.82) is 0 Å². The summed E-state index contributed by atoms with van der Waals surface area (Å²) < 4.78 is 11.7. The molecule has 2 atom stereocenters. The van der Waals surface area contributed by atoms with Gasteiger partial charge in [-0.15, -0.1) is 6.42 Å². The Morgan fingerprint density at radius 1 is 1.22 bits per heavy atom. The minimum Gasteiger partial charge on any atom is -0.444 e. The molecule has 23 heavy (non-hydrogen) atoms. The van der Waals surface area contributed by atoms with Crippen LogP contribution in [0.4, 0.5) is 4.79 Å². The average Bonchev–Trinajstić information content (AvgIpc) is 2.22. The van der Waals surface area contributed by atoms with Crippen LogP contribution in [0.5, 0.6) is 0 Å². The van der Waals surface area contributed by atoms with Gasteiger partial charge in [0.15, 0.2) is 8.32 Å². The summed E-state index contributed by atoms with van der Waals surface area (Å²) in [5, 5.41) is 0. The van der Waals surface area contributed by atoms with Crippen molar-refractivity contribution in [3.8, 4) is 12.3 Å². The first-order valence-electron chi connectivity index (χ1n) is 8.18. The highest BCUT2D eigenvalue weighted by Crippen LogP contribution is 2.29. The standard InChI is InChI=1S/C18H35NO3Si/c1-12-15(19(9)16(20)21-18(6,7)8)14(2)22-23(10,11)13-17(3,4)5/h1,14-15H,13H2,2-11H3/t14-,15-/m1/s1. The van der Waals surface area contributed by atoms with Crippen molar-refractivity contribution in [3.05, 3.63) is 0 Å². The molecule has 0 spiro atoms. The minimum atomic E-state index is -1.88. The molecule has 0 saturated heterocycles. The van der Waals surface area contributed by atoms with Crippen molar-refractivity contribution in [2.24, 2.45) is 5.41 Å². The predicted molar refractivity (Wildman–Crippen MR) is 98.9 cm³/mol. The zero-order valence-corrected chi connectivity index (χ0v) is 17.6. The summed E-state index contributed by atoms with van der Waals surface area (Å²) in [6.45, 7) is 18.5. The van der Waals surface area contributed by atoms with Gasteiger partial charge < -0.3 is 9.16 Å². The van der Waals surface area contributed by atoms with Gasteiger partial charge in [0.05, 0.1) is 6.10 Å². The second-order valence-electron chi connectivity index (χ2n) is 9.02. The van der Waals surface area contributed by atoms with E-state index in [9.17, 15) is 4.79 Å². The lowest BCUT2D eigenvalue weighted by Crippen LogP contribution is -2.49. The molecule has 0 rings (SSSR count). The molecule has 0 fully saturated rings. The SMILES string of the molecule is C#C[C@H]([C@@H](C)O[Si](C)(C)CC(C)(C)C)N(C)C(=O)OC(C)(C)C. The molecule has 0 heterocycles. The lowest BCUT2D eigenvalue weighted by atomic mass is 10.0. The summed E-state index contributed by atoms with van der Waals surface area (Å²) in [6.07, 6.45) is 5.00. The van der Waals surface area contributed by atoms with E-state index in [0.29, 0.717) is 0 Å². The third-order valence-electron chi connectivity index (χ3n) is 3.18. The monoisotopic (exact) mass is 341 g/mol. The van der Waals surface area contributed by atoms with Crippen LogP contribution < -0.4 is 0 Å². The lowest BCUT2D eigenvalue weighted by molar-refractivity contribution is 0.0156. The third-order valence-corrected chi connectivity index (χ3v) is 6.10. The molecule has 0 N–H and O–H groups in total. The number of hydrogen-bond donors (Lipinski definition) is 0. The van der Waals surface area contributed by atoms with Gasteiger partial charge in [-0.05, 0) is 52.2 Å². The summed E-state index contributed by atoms with van der Waals surface area (Å²) in [5.41, 5.74) is -0.340. The lowest BCUT2D eigenvalue weighted by Gasteiger charge is -2.37. The molecule has 134 valence electrons. The van der Waals surface area contributed by atoms with Gasteiger partial charge in [0, 0.05) is 7.05 Å². The van der Waals surface area contributed by atoms with Crippen LogP contribution in [0.2, 0.25) is 19.1 Å². The number of likely N-dealkylation sites (N-methyl/N-ethyl adjacent to an activating group) is 1. The minimum absolute atomic E-state index is 0.206. The maximum absolute atomic E-state index is 12.2. The van der Waals surface area contributed by atoms with Gasteiger partial charge in [0.2, 0.25) is 0 Å². The maximum atomic E-state index is 12.2. The van der Waals surface area contributed by atoms with Gasteiger partial charge in [0.25, 0.3) is 0 Å². The van der Waals surface area contributed by atoms with Gasteiger partial charge in [-0.25, -0.2) is 4.79 Å². The number of ether oxygens (including phenoxy) is 1. The summed E-state index contributed by atoms with van der Waals surface area (Å²) in [7, 11) is -0.219. The summed E-state index contributed by atoms with van der Waals surface area (Å²) in [6, 6.07) is 0.578. The van der Waals surface area contributed by atoms with Crippen LogP contribution in [-0.4, -0.2) is 44.1 Å². The number of terminal acetylenes is 1. The van der Waals surface area contributed by atoms with Crippen molar-refractivity contribution >= 4 is 14.4 Å². The van der Waals surface area contributed by atoms with Crippen molar-refractivity contribution in [2.75, 3.05) is 7.05 Å². The second-order valence-corrected chi connectivity index (χ2v) is 13.1. The fourth-order valence-corrected chi connectivity index (χ4v) is 6.67. The molecule has 0 radical (unpaired) electrons. The molecular weight excluding hydrogens is 306 g/mol. The van der Waals surface area contributed by atoms with Gasteiger partial charge in [0.1, 0.15) is 11.6 Å². The highest BCUT2D eigenvalue weighted by atomic mass is 28.4. The number of nitrogens with zero attached hydrogens (tertiary/aromatic N) is 1. The van der Waals surface area contributed by atoms with Gasteiger partial charge >= 0.3 is 6.09 Å². The fraction of sp³-hybridized carbons (Fsp3) is 0.833. The van der Waals surface area contributed by atoms with E-state index in [4.69, 9.17) is 15.6 Å². The summed E-state index contributed by atoms with van der Waals surface area (Å²) >= 11 is 0. The molecule has 0 aromatic heterocycles. The average molecular weight is 342 g/mol. The number of carbonyl (C=O) groups is 1. The largest absolute Gasteiger partial charge is 0.444 e. The third kappa shape index (κ3) is 9.02. The van der Waals surface area contributed by atoms with Crippen molar-refractivity contribution in [2.45, 2.75) is 85.4 Å². The van der Waals surface area contributed by atoms with Crippen molar-refractivity contribution < 1.29 is 14.0 Å². The smallest absolute Gasteiger partial charge is 0.411 e. The Morgan fingerprint density at radius 3 is 2.04 bits per heavy atom. The number of rotatable bonds is 5. The molecule has 0 aliphatic rings. The van der Waals surface area contributed by atoms with Crippen LogP contribution in [0.25, 0.3) is 0 Å². The van der Waals surface area contributed by atoms with E-state index >= 15 is 0 Å². The second kappa shape index (κ2) is 7.72. The fourth-order valence-electron chi connectivity index (χ4n) is 2.90. The number of carbonyl (C=O) groups excluding carboxylic acids is 1. The molecule has 0 saturated carbocycles. The predicted octanol–water partition coefficient (Wildman–Crippen LogP) is 4.51. The van der Waals surface area contributed by atoms with E-state index in [1.165, 1.54) is 4.90 Å². The Kier molecular flexibility index (Phi) is 7.38. The molecule has 4 nitrogen and oxygen atoms in total. The van der Waals surface area contributed by atoms with Crippen LogP contribution in [0.3, 0.4) is 0 Å². The molecule has 0 aromatic carbocycles. The zero-order chi connectivity index (χ0) is 18.6. The van der Waals surface area contributed by atoms with Crippen LogP contribution >= 0.6 is 0 Å². The van der Waals surface area contributed by atoms with Crippen LogP contribution in [0.1, 0.15) is 48.5 Å². The van der Waals surface area contributed by atoms with E-state index in [-0.39, 0.29) is 11.5 Å². The van der Waals surface area contributed by atoms with E-state index in [1.807, 2.05) is 27.7 Å². The van der Waals surface area contributed by atoms with Gasteiger partial charge in [-0.2, -0.15) is 0 Å². The van der Waals surface area contributed by atoms with Gasteiger partial charge in [-0.3, -0.25) is 4.90 Å². The van der Waals surface area contributed by atoms with E-state index in [1.54, 1.807) is 7.05 Å². The molecule has 5 heteroatoms. The topological polar surface area (TPSA) is 38.8 Å². The molecule has 0 unspecified atom stereocenters. The Labute approximate surface area is 144 Å². The number of hydrogen-bond acceptors (Lipinski definition) is 3. The Balaban J connectivity index is 4.97. The highest BCUT2D eigenvalue weighted by Gasteiger charge is 2.35. The van der Waals surface area contributed by atoms with Gasteiger partial charge in [-0.1, -0.05) is 26.7 Å². The zero-order valence-electron chi connectivity index (χ0n) is 16.6. The molecule has 0 aromatic rings. The Hall–Kier alpha value is -0.993. The first kappa shape index (κ1) is 22.0. The van der Waals surface area contributed by atoms with Crippen LogP contribution in [0, 0.1) is 17.8 Å². The number of amides is 1. The van der Waals surface area contributed by atoms with E-state index < -0.39 is 26.1 Å². The van der Waals surface area contributed by atoms with Crippen LogP contribution in [0.15, 0.2) is 0 Å². The highest BCUT2D eigenvalue weighted by molar-refractivity contribution is 6.71. The summed E-state index contributed by atoms with van der Waals surface area (Å²) in [4.78, 5) is 13.7. The first-order chi connectivity index (χ1) is 10.1. The van der Waals surface area contributed by atoms with E-state index in [0.717, 1.165) is 6.04 Å². The molecule has 0 bridgehead atoms. The van der Waals surface area contributed by atoms with E-state index in [2.05, 4.69) is 39.8 Å². The molecule has 0 aliphatic carbocycles. The summed E-state index contributed by atoms with van der Waals surface area (Å²) in [5.74, 6) is 2.68. The molecule has 1 amide bonds. The van der Waals surface area contributed by atoms with Crippen LogP contribution in [-0.2, 0) is 9.16 Å². The normalized spacial score (nSPS) is 15.5. The quantitative estimate of drug-likeness (QED) is 0.545. The first-order valence-corrected chi connectivity index (χ1v) is 11.3. The van der Waals surface area contributed by atoms with Crippen molar-refractivity contribution in [1.82, 2.24) is 4.90 Å². The molecule has 0 aliphatic heterocycles.